The first-order chi connectivity index (χ1) is 13.8. The summed E-state index contributed by atoms with van der Waals surface area (Å²) in [6, 6.07) is 0. The minimum Gasteiger partial charge on any atom is -0.251 e. The molecule has 0 nitrogen and oxygen atoms in total. The van der Waals surface area contributed by atoms with Crippen LogP contribution in [0.1, 0.15) is 116 Å². The van der Waals surface area contributed by atoms with Crippen LogP contribution in [0.15, 0.2) is 12.2 Å². The molecule has 0 aromatic heterocycles. The van der Waals surface area contributed by atoms with Gasteiger partial charge in [-0.25, -0.2) is 0 Å². The molecule has 3 aliphatic rings. The summed E-state index contributed by atoms with van der Waals surface area (Å²) in [5.74, 6) is 6.26. The highest BCUT2D eigenvalue weighted by molar-refractivity contribution is 4.87. The van der Waals surface area contributed by atoms with Crippen LogP contribution in [0.2, 0.25) is 0 Å². The monoisotopic (exact) mass is 390 g/mol. The highest BCUT2D eigenvalue weighted by atomic mass is 19.1. The molecule has 3 fully saturated rings. The Hall–Kier alpha value is -0.330. The molecule has 0 aliphatic heterocycles. The maximum atomic E-state index is 12.1. The first-order valence-electron chi connectivity index (χ1n) is 13.0. The first kappa shape index (κ1) is 22.4. The zero-order valence-corrected chi connectivity index (χ0v) is 18.7. The Morgan fingerprint density at radius 3 is 1.39 bits per heavy atom. The van der Waals surface area contributed by atoms with Gasteiger partial charge in [-0.2, -0.15) is 0 Å². The fraction of sp³-hybridized carbons (Fsp3) is 0.926. The SMILES string of the molecule is CCC[C@H]1CC[C@H](C2CCC([C@H]3CC[C@H](CC/C=C/CCF)CC3)CC2)CC1. The Labute approximate surface area is 175 Å². The van der Waals surface area contributed by atoms with Crippen molar-refractivity contribution in [1.82, 2.24) is 0 Å². The molecule has 0 radical (unpaired) electrons. The third-order valence-electron chi connectivity index (χ3n) is 8.81. The van der Waals surface area contributed by atoms with Crippen molar-refractivity contribution < 1.29 is 4.39 Å². The molecular weight excluding hydrogens is 343 g/mol. The zero-order chi connectivity index (χ0) is 19.6. The molecular formula is C27H47F. The Morgan fingerprint density at radius 2 is 0.964 bits per heavy atom. The fourth-order valence-electron chi connectivity index (χ4n) is 7.02. The summed E-state index contributed by atoms with van der Waals surface area (Å²) in [4.78, 5) is 0. The highest BCUT2D eigenvalue weighted by Gasteiger charge is 2.34. The number of rotatable bonds is 9. The van der Waals surface area contributed by atoms with Gasteiger partial charge in [0.05, 0.1) is 6.67 Å². The molecule has 0 saturated heterocycles. The molecule has 0 aromatic rings. The van der Waals surface area contributed by atoms with E-state index >= 15 is 0 Å². The quantitative estimate of drug-likeness (QED) is 0.345. The Morgan fingerprint density at radius 1 is 0.571 bits per heavy atom. The van der Waals surface area contributed by atoms with Gasteiger partial charge in [0.2, 0.25) is 0 Å². The summed E-state index contributed by atoms with van der Waals surface area (Å²) in [5.41, 5.74) is 0. The molecule has 28 heavy (non-hydrogen) atoms. The van der Waals surface area contributed by atoms with Crippen molar-refractivity contribution >= 4 is 0 Å². The molecule has 3 aliphatic carbocycles. The molecule has 0 amide bonds. The van der Waals surface area contributed by atoms with Crippen molar-refractivity contribution in [2.75, 3.05) is 6.67 Å². The second kappa shape index (κ2) is 12.4. The molecule has 0 atom stereocenters. The van der Waals surface area contributed by atoms with Crippen LogP contribution in [0.25, 0.3) is 0 Å². The van der Waals surface area contributed by atoms with Crippen LogP contribution in [-0.4, -0.2) is 6.67 Å². The molecule has 0 bridgehead atoms. The van der Waals surface area contributed by atoms with Crippen LogP contribution in [0.4, 0.5) is 4.39 Å². The van der Waals surface area contributed by atoms with Crippen molar-refractivity contribution in [3.63, 3.8) is 0 Å². The average Bonchev–Trinajstić information content (AvgIpc) is 2.75. The molecule has 0 aromatic carbocycles. The maximum absolute atomic E-state index is 12.1. The zero-order valence-electron chi connectivity index (χ0n) is 18.7. The van der Waals surface area contributed by atoms with Gasteiger partial charge in [0.25, 0.3) is 0 Å². The lowest BCUT2D eigenvalue weighted by atomic mass is 9.64. The van der Waals surface area contributed by atoms with E-state index in [0.717, 1.165) is 35.5 Å². The number of hydrogen-bond acceptors (Lipinski definition) is 0. The van der Waals surface area contributed by atoms with E-state index in [4.69, 9.17) is 0 Å². The summed E-state index contributed by atoms with van der Waals surface area (Å²) in [7, 11) is 0. The summed E-state index contributed by atoms with van der Waals surface area (Å²) < 4.78 is 12.1. The van der Waals surface area contributed by atoms with Gasteiger partial charge in [-0.05, 0) is 106 Å². The van der Waals surface area contributed by atoms with Crippen molar-refractivity contribution in [2.45, 2.75) is 116 Å². The minimum absolute atomic E-state index is 0.204. The summed E-state index contributed by atoms with van der Waals surface area (Å²) >= 11 is 0. The lowest BCUT2D eigenvalue weighted by molar-refractivity contribution is 0.103. The summed E-state index contributed by atoms with van der Waals surface area (Å²) in [5, 5.41) is 0. The highest BCUT2D eigenvalue weighted by Crippen LogP contribution is 2.46. The first-order valence-corrected chi connectivity index (χ1v) is 13.0. The van der Waals surface area contributed by atoms with Crippen LogP contribution < -0.4 is 0 Å². The second-order valence-corrected chi connectivity index (χ2v) is 10.6. The number of hydrogen-bond donors (Lipinski definition) is 0. The molecule has 162 valence electrons. The van der Waals surface area contributed by atoms with Gasteiger partial charge in [-0.3, -0.25) is 4.39 Å². The van der Waals surface area contributed by atoms with Gasteiger partial charge in [0.1, 0.15) is 0 Å². The van der Waals surface area contributed by atoms with Gasteiger partial charge in [0.15, 0.2) is 0 Å². The van der Waals surface area contributed by atoms with Gasteiger partial charge in [-0.1, -0.05) is 57.6 Å². The largest absolute Gasteiger partial charge is 0.251 e. The van der Waals surface area contributed by atoms with E-state index in [0.29, 0.717) is 6.42 Å². The van der Waals surface area contributed by atoms with E-state index in [1.807, 2.05) is 6.08 Å². The van der Waals surface area contributed by atoms with Crippen LogP contribution in [-0.2, 0) is 0 Å². The smallest absolute Gasteiger partial charge is 0.0928 e. The van der Waals surface area contributed by atoms with E-state index in [1.54, 1.807) is 38.5 Å². The van der Waals surface area contributed by atoms with Crippen LogP contribution in [0.3, 0.4) is 0 Å². The minimum atomic E-state index is -0.204. The topological polar surface area (TPSA) is 0 Å². The van der Waals surface area contributed by atoms with E-state index in [9.17, 15) is 4.39 Å². The van der Waals surface area contributed by atoms with Gasteiger partial charge >= 0.3 is 0 Å². The third-order valence-corrected chi connectivity index (χ3v) is 8.81. The Balaban J connectivity index is 1.30. The molecule has 1 heteroatoms. The lowest BCUT2D eigenvalue weighted by Gasteiger charge is -2.41. The van der Waals surface area contributed by atoms with Crippen molar-refractivity contribution in [3.05, 3.63) is 12.2 Å². The Kier molecular flexibility index (Phi) is 9.89. The van der Waals surface area contributed by atoms with Gasteiger partial charge in [-0.15, -0.1) is 0 Å². The van der Waals surface area contributed by atoms with Crippen LogP contribution >= 0.6 is 0 Å². The van der Waals surface area contributed by atoms with Crippen molar-refractivity contribution in [3.8, 4) is 0 Å². The van der Waals surface area contributed by atoms with E-state index in [2.05, 4.69) is 13.0 Å². The van der Waals surface area contributed by atoms with E-state index in [1.165, 1.54) is 64.2 Å². The summed E-state index contributed by atoms with van der Waals surface area (Å²) in [6.45, 7) is 2.15. The standard InChI is InChI=1S/C27H47F/c1-2-7-22-9-13-24(14-10-22)26-17-19-27(20-18-26)25-15-11-23(12-16-25)8-5-3-4-6-21-28/h3-4,22-27H,2,5-21H2,1H3/b4-3+/t22-,23-,24-,25-,26?,27?. The van der Waals surface area contributed by atoms with Crippen molar-refractivity contribution in [2.24, 2.45) is 35.5 Å². The third kappa shape index (κ3) is 6.88. The number of allylic oxidation sites excluding steroid dienone is 2. The maximum Gasteiger partial charge on any atom is 0.0928 e. The number of alkyl halides is 1. The molecule has 3 rings (SSSR count). The van der Waals surface area contributed by atoms with Gasteiger partial charge in [0, 0.05) is 0 Å². The predicted octanol–water partition coefficient (Wildman–Crippen LogP) is 8.90. The fourth-order valence-corrected chi connectivity index (χ4v) is 7.02. The second-order valence-electron chi connectivity index (χ2n) is 10.6. The molecule has 0 N–H and O–H groups in total. The lowest BCUT2D eigenvalue weighted by Crippen LogP contribution is -2.29. The normalized spacial score (nSPS) is 37.4. The number of halogens is 1. The van der Waals surface area contributed by atoms with Crippen LogP contribution in [0, 0.1) is 35.5 Å². The van der Waals surface area contributed by atoms with Gasteiger partial charge < -0.3 is 0 Å². The average molecular weight is 391 g/mol. The Bertz CT molecular complexity index is 418. The summed E-state index contributed by atoms with van der Waals surface area (Å²) in [6.07, 6.45) is 28.5. The molecule has 0 heterocycles. The predicted molar refractivity (Wildman–Crippen MR) is 120 cm³/mol. The molecule has 0 unspecified atom stereocenters. The molecule has 3 saturated carbocycles. The van der Waals surface area contributed by atoms with Crippen LogP contribution in [0.5, 0.6) is 0 Å². The van der Waals surface area contributed by atoms with E-state index < -0.39 is 0 Å². The van der Waals surface area contributed by atoms with E-state index in [-0.39, 0.29) is 6.67 Å². The molecule has 0 spiro atoms. The van der Waals surface area contributed by atoms with Crippen molar-refractivity contribution in [1.29, 1.82) is 0 Å².